The monoisotopic (exact) mass is 442 g/mol. The molecule has 1 aromatic carbocycles. The number of halogens is 4. The lowest BCUT2D eigenvalue weighted by molar-refractivity contribution is -0.174. The molecule has 2 amide bonds. The Morgan fingerprint density at radius 3 is 2.80 bits per heavy atom. The van der Waals surface area contributed by atoms with Crippen LogP contribution in [0.5, 0.6) is 0 Å². The molecule has 12 heteroatoms. The predicted octanol–water partition coefficient (Wildman–Crippen LogP) is 1.98. The molecule has 3 rings (SSSR count). The van der Waals surface area contributed by atoms with Crippen LogP contribution in [0.2, 0.25) is 5.02 Å². The van der Waals surface area contributed by atoms with Gasteiger partial charge in [0.2, 0.25) is 5.91 Å². The van der Waals surface area contributed by atoms with Crippen LogP contribution in [-0.2, 0) is 16.1 Å². The van der Waals surface area contributed by atoms with E-state index < -0.39 is 18.1 Å². The van der Waals surface area contributed by atoms with E-state index in [2.05, 4.69) is 15.4 Å². The number of alkyl halides is 3. The number of hydrogen-bond acceptors (Lipinski definition) is 5. The number of benzene rings is 1. The summed E-state index contributed by atoms with van der Waals surface area (Å²) >= 11 is 6.06. The first-order chi connectivity index (χ1) is 14.1. The van der Waals surface area contributed by atoms with Gasteiger partial charge in [0.25, 0.3) is 0 Å². The van der Waals surface area contributed by atoms with Gasteiger partial charge in [-0.2, -0.15) is 18.0 Å². The fraction of sp³-hybridized carbons (Fsp3) is 0.389. The van der Waals surface area contributed by atoms with Gasteiger partial charge in [0.15, 0.2) is 5.82 Å². The Bertz CT molecular complexity index is 975. The van der Waals surface area contributed by atoms with Crippen molar-refractivity contribution < 1.29 is 22.8 Å². The number of amides is 2. The van der Waals surface area contributed by atoms with Gasteiger partial charge >= 0.3 is 12.1 Å². The van der Waals surface area contributed by atoms with Gasteiger partial charge in [-0.25, -0.2) is 0 Å². The first kappa shape index (κ1) is 21.8. The molecule has 0 radical (unpaired) electrons. The van der Waals surface area contributed by atoms with E-state index >= 15 is 0 Å². The molecular formula is C18H18ClF3N6O2. The van der Waals surface area contributed by atoms with E-state index in [1.807, 2.05) is 5.32 Å². The summed E-state index contributed by atoms with van der Waals surface area (Å²) in [7, 11) is 0. The number of rotatable bonds is 5. The summed E-state index contributed by atoms with van der Waals surface area (Å²) in [6.45, 7) is 2.27. The molecule has 0 saturated carbocycles. The Labute approximate surface area is 174 Å². The van der Waals surface area contributed by atoms with Gasteiger partial charge in [-0.05, 0) is 47.9 Å². The highest BCUT2D eigenvalue weighted by molar-refractivity contribution is 6.30. The molecule has 2 heterocycles. The molecule has 0 aliphatic carbocycles. The molecule has 1 aliphatic rings. The molecule has 1 atom stereocenters. The van der Waals surface area contributed by atoms with Crippen molar-refractivity contribution in [1.82, 2.24) is 30.4 Å². The molecule has 2 aromatic rings. The molecule has 1 aliphatic heterocycles. The van der Waals surface area contributed by atoms with E-state index in [1.54, 1.807) is 31.2 Å². The number of hydrogen-bond donors (Lipinski definition) is 1. The summed E-state index contributed by atoms with van der Waals surface area (Å²) in [4.78, 5) is 26.3. The lowest BCUT2D eigenvalue weighted by atomic mass is 10.1. The summed E-state index contributed by atoms with van der Waals surface area (Å²) < 4.78 is 37.1. The van der Waals surface area contributed by atoms with Crippen LogP contribution in [0.25, 0.3) is 6.08 Å². The number of aromatic nitrogens is 4. The van der Waals surface area contributed by atoms with Crippen LogP contribution < -0.4 is 5.32 Å². The number of nitrogens with one attached hydrogen (secondary N) is 1. The molecule has 0 bridgehead atoms. The number of likely N-dealkylation sites (tertiary alicyclic amines) is 1. The minimum Gasteiger partial charge on any atom is -0.344 e. The Morgan fingerprint density at radius 2 is 2.13 bits per heavy atom. The summed E-state index contributed by atoms with van der Waals surface area (Å²) in [6.07, 6.45) is -1.76. The number of aryl methyl sites for hydroxylation is 1. The van der Waals surface area contributed by atoms with Crippen LogP contribution in [0.15, 0.2) is 24.3 Å². The van der Waals surface area contributed by atoms with E-state index in [4.69, 9.17) is 11.6 Å². The van der Waals surface area contributed by atoms with E-state index in [0.717, 1.165) is 5.56 Å². The summed E-state index contributed by atoms with van der Waals surface area (Å²) in [5.41, 5.74) is 1.48. The smallest absolute Gasteiger partial charge is 0.344 e. The third kappa shape index (κ3) is 5.56. The third-order valence-corrected chi connectivity index (χ3v) is 4.70. The first-order valence-corrected chi connectivity index (χ1v) is 9.37. The first-order valence-electron chi connectivity index (χ1n) is 8.99. The highest BCUT2D eigenvalue weighted by Gasteiger charge is 2.40. The molecule has 0 spiro atoms. The van der Waals surface area contributed by atoms with Gasteiger partial charge in [0.05, 0.1) is 6.54 Å². The van der Waals surface area contributed by atoms with Crippen molar-refractivity contribution in [3.05, 3.63) is 46.2 Å². The topological polar surface area (TPSA) is 93.0 Å². The molecule has 1 N–H and O–H groups in total. The number of tetrazole rings is 1. The average Bonchev–Trinajstić information content (AvgIpc) is 3.29. The van der Waals surface area contributed by atoms with Crippen molar-refractivity contribution in [3.63, 3.8) is 0 Å². The number of carbonyl (C=O) groups is 2. The maximum absolute atomic E-state index is 12.4. The van der Waals surface area contributed by atoms with Crippen LogP contribution in [-0.4, -0.2) is 62.2 Å². The minimum absolute atomic E-state index is 0.0145. The molecule has 160 valence electrons. The number of carbonyl (C=O) groups excluding carboxylic acids is 2. The fourth-order valence-electron chi connectivity index (χ4n) is 3.03. The van der Waals surface area contributed by atoms with Crippen LogP contribution in [0, 0.1) is 6.92 Å². The van der Waals surface area contributed by atoms with Crippen LogP contribution in [0.4, 0.5) is 13.2 Å². The molecule has 1 unspecified atom stereocenters. The van der Waals surface area contributed by atoms with Gasteiger partial charge in [-0.1, -0.05) is 17.7 Å². The molecule has 1 saturated heterocycles. The number of nitrogens with zero attached hydrogens (tertiary/aromatic N) is 5. The summed E-state index contributed by atoms with van der Waals surface area (Å²) in [5, 5.41) is 14.2. The second-order valence-electron chi connectivity index (χ2n) is 6.78. The predicted molar refractivity (Wildman–Crippen MR) is 101 cm³/mol. The van der Waals surface area contributed by atoms with Crippen molar-refractivity contribution in [2.24, 2.45) is 0 Å². The van der Waals surface area contributed by atoms with E-state index in [1.165, 1.54) is 15.8 Å². The van der Waals surface area contributed by atoms with Gasteiger partial charge in [-0.15, -0.1) is 10.2 Å². The second-order valence-corrected chi connectivity index (χ2v) is 7.22. The highest BCUT2D eigenvalue weighted by atomic mass is 35.5. The van der Waals surface area contributed by atoms with Gasteiger partial charge in [-0.3, -0.25) is 9.59 Å². The van der Waals surface area contributed by atoms with E-state index in [0.29, 0.717) is 23.0 Å². The zero-order chi connectivity index (χ0) is 21.9. The molecule has 8 nitrogen and oxygen atoms in total. The Morgan fingerprint density at radius 1 is 1.37 bits per heavy atom. The maximum atomic E-state index is 12.4. The molecule has 1 fully saturated rings. The molecule has 1 aromatic heterocycles. The zero-order valence-electron chi connectivity index (χ0n) is 15.9. The quantitative estimate of drug-likeness (QED) is 0.715. The molecule has 30 heavy (non-hydrogen) atoms. The zero-order valence-corrected chi connectivity index (χ0v) is 16.6. The van der Waals surface area contributed by atoms with Crippen LogP contribution in [0.3, 0.4) is 0 Å². The Kier molecular flexibility index (Phi) is 6.40. The maximum Gasteiger partial charge on any atom is 0.471 e. The largest absolute Gasteiger partial charge is 0.471 e. The molecular weight excluding hydrogens is 425 g/mol. The van der Waals surface area contributed by atoms with E-state index in [9.17, 15) is 22.8 Å². The van der Waals surface area contributed by atoms with E-state index in [-0.39, 0.29) is 25.4 Å². The standard InChI is InChI=1S/C18H18ClF3N6O2/c1-11-24-26-28(25-11)9-13-8-14(19)4-2-12(13)3-5-16(29)27-7-6-15(10-27)23-17(30)18(20,21)22/h2-5,8,15H,6-7,9-10H2,1H3,(H,23,30)/b5-3+. The van der Waals surface area contributed by atoms with Crippen molar-refractivity contribution in [2.45, 2.75) is 32.1 Å². The van der Waals surface area contributed by atoms with Crippen molar-refractivity contribution in [1.29, 1.82) is 0 Å². The summed E-state index contributed by atoms with van der Waals surface area (Å²) in [6, 6.07) is 4.40. The minimum atomic E-state index is -4.94. The van der Waals surface area contributed by atoms with Gasteiger partial charge in [0.1, 0.15) is 0 Å². The van der Waals surface area contributed by atoms with Crippen molar-refractivity contribution >= 4 is 29.5 Å². The fourth-order valence-corrected chi connectivity index (χ4v) is 3.22. The highest BCUT2D eigenvalue weighted by Crippen LogP contribution is 2.20. The second kappa shape index (κ2) is 8.82. The van der Waals surface area contributed by atoms with Crippen molar-refractivity contribution in [2.75, 3.05) is 13.1 Å². The lowest BCUT2D eigenvalue weighted by Crippen LogP contribution is -2.44. The van der Waals surface area contributed by atoms with Crippen LogP contribution >= 0.6 is 11.6 Å². The average molecular weight is 443 g/mol. The van der Waals surface area contributed by atoms with Gasteiger partial charge in [0, 0.05) is 30.2 Å². The van der Waals surface area contributed by atoms with Crippen LogP contribution in [0.1, 0.15) is 23.4 Å². The normalized spacial score (nSPS) is 17.0. The van der Waals surface area contributed by atoms with Crippen molar-refractivity contribution in [3.8, 4) is 0 Å². The Hall–Kier alpha value is -2.95. The summed E-state index contributed by atoms with van der Waals surface area (Å²) in [5.74, 6) is -1.85. The SMILES string of the molecule is Cc1nnn(Cc2cc(Cl)ccc2/C=C/C(=O)N2CCC(NC(=O)C(F)(F)F)C2)n1. The Balaban J connectivity index is 1.64. The third-order valence-electron chi connectivity index (χ3n) is 4.47. The van der Waals surface area contributed by atoms with Gasteiger partial charge < -0.3 is 10.2 Å². The lowest BCUT2D eigenvalue weighted by Gasteiger charge is -2.16.